The van der Waals surface area contributed by atoms with E-state index in [-0.39, 0.29) is 5.91 Å². The fraction of sp³-hybridized carbons (Fsp3) is 0.316. The summed E-state index contributed by atoms with van der Waals surface area (Å²) in [6, 6.07) is 13.3. The van der Waals surface area contributed by atoms with Gasteiger partial charge in [0.15, 0.2) is 0 Å². The summed E-state index contributed by atoms with van der Waals surface area (Å²) in [6.07, 6.45) is 0. The Kier molecular flexibility index (Phi) is 5.63. The maximum atomic E-state index is 12.7. The van der Waals surface area contributed by atoms with Gasteiger partial charge in [-0.25, -0.2) is 0 Å². The van der Waals surface area contributed by atoms with E-state index in [1.807, 2.05) is 55.1 Å². The quantitative estimate of drug-likeness (QED) is 0.816. The predicted molar refractivity (Wildman–Crippen MR) is 91.1 cm³/mol. The van der Waals surface area contributed by atoms with Gasteiger partial charge < -0.3 is 14.4 Å². The highest BCUT2D eigenvalue weighted by Gasteiger charge is 2.16. The molecule has 0 atom stereocenters. The molecule has 0 N–H and O–H groups in total. The molecular formula is C19H23NO3. The number of methoxy groups -OCH3 is 2. The zero-order valence-corrected chi connectivity index (χ0v) is 14.1. The van der Waals surface area contributed by atoms with Gasteiger partial charge in [-0.05, 0) is 49.2 Å². The number of rotatable bonds is 6. The maximum absolute atomic E-state index is 12.7. The van der Waals surface area contributed by atoms with Crippen LogP contribution in [0.3, 0.4) is 0 Å². The third-order valence-corrected chi connectivity index (χ3v) is 3.86. The lowest BCUT2D eigenvalue weighted by Gasteiger charge is -2.21. The minimum Gasteiger partial charge on any atom is -0.497 e. The van der Waals surface area contributed by atoms with Crippen molar-refractivity contribution in [1.29, 1.82) is 0 Å². The fourth-order valence-corrected chi connectivity index (χ4v) is 2.41. The summed E-state index contributed by atoms with van der Waals surface area (Å²) in [5.74, 6) is 1.55. The molecule has 0 fully saturated rings. The van der Waals surface area contributed by atoms with Crippen molar-refractivity contribution < 1.29 is 14.3 Å². The molecule has 23 heavy (non-hydrogen) atoms. The lowest BCUT2D eigenvalue weighted by molar-refractivity contribution is 0.0752. The number of carbonyl (C=O) groups excluding carboxylic acids is 1. The normalized spacial score (nSPS) is 10.3. The molecular weight excluding hydrogens is 290 g/mol. The maximum Gasteiger partial charge on any atom is 0.254 e. The number of benzene rings is 2. The third kappa shape index (κ3) is 4.03. The van der Waals surface area contributed by atoms with Crippen LogP contribution in [-0.2, 0) is 6.54 Å². The van der Waals surface area contributed by atoms with Crippen LogP contribution >= 0.6 is 0 Å². The Morgan fingerprint density at radius 1 is 1.04 bits per heavy atom. The summed E-state index contributed by atoms with van der Waals surface area (Å²) in [5.41, 5.74) is 2.73. The molecule has 2 aromatic carbocycles. The Morgan fingerprint density at radius 3 is 2.30 bits per heavy atom. The zero-order chi connectivity index (χ0) is 16.8. The van der Waals surface area contributed by atoms with Gasteiger partial charge in [0.2, 0.25) is 0 Å². The standard InChI is InChI=1S/C19H23NO3/c1-5-20(13-15-7-10-17(22-3)11-8-15)19(21)16-9-6-14(2)18(12-16)23-4/h6-12H,5,13H2,1-4H3. The second kappa shape index (κ2) is 7.68. The van der Waals surface area contributed by atoms with Crippen molar-refractivity contribution in [3.05, 3.63) is 59.2 Å². The number of ether oxygens (including phenoxy) is 2. The van der Waals surface area contributed by atoms with E-state index in [1.54, 1.807) is 20.3 Å². The van der Waals surface area contributed by atoms with Gasteiger partial charge >= 0.3 is 0 Å². The molecule has 0 aliphatic rings. The summed E-state index contributed by atoms with van der Waals surface area (Å²) < 4.78 is 10.5. The predicted octanol–water partition coefficient (Wildman–Crippen LogP) is 3.67. The van der Waals surface area contributed by atoms with E-state index in [9.17, 15) is 4.79 Å². The van der Waals surface area contributed by atoms with Crippen molar-refractivity contribution in [1.82, 2.24) is 4.90 Å². The van der Waals surface area contributed by atoms with Crippen LogP contribution in [0.1, 0.15) is 28.4 Å². The molecule has 0 unspecified atom stereocenters. The van der Waals surface area contributed by atoms with Gasteiger partial charge in [-0.2, -0.15) is 0 Å². The fourth-order valence-electron chi connectivity index (χ4n) is 2.41. The van der Waals surface area contributed by atoms with Crippen molar-refractivity contribution in [2.24, 2.45) is 0 Å². The highest BCUT2D eigenvalue weighted by atomic mass is 16.5. The summed E-state index contributed by atoms with van der Waals surface area (Å²) in [5, 5.41) is 0. The monoisotopic (exact) mass is 313 g/mol. The molecule has 0 aliphatic carbocycles. The van der Waals surface area contributed by atoms with Crippen LogP contribution in [-0.4, -0.2) is 31.6 Å². The largest absolute Gasteiger partial charge is 0.497 e. The Hall–Kier alpha value is -2.49. The molecule has 2 rings (SSSR count). The van der Waals surface area contributed by atoms with Crippen molar-refractivity contribution in [2.45, 2.75) is 20.4 Å². The average molecular weight is 313 g/mol. The molecule has 0 aromatic heterocycles. The summed E-state index contributed by atoms with van der Waals surface area (Å²) in [4.78, 5) is 14.5. The average Bonchev–Trinajstić information content (AvgIpc) is 2.60. The SMILES string of the molecule is CCN(Cc1ccc(OC)cc1)C(=O)c1ccc(C)c(OC)c1. The second-order valence-corrected chi connectivity index (χ2v) is 5.35. The molecule has 0 saturated carbocycles. The van der Waals surface area contributed by atoms with Crippen molar-refractivity contribution in [3.8, 4) is 11.5 Å². The molecule has 0 radical (unpaired) electrons. The van der Waals surface area contributed by atoms with Gasteiger partial charge in [-0.3, -0.25) is 4.79 Å². The molecule has 122 valence electrons. The molecule has 2 aromatic rings. The van der Waals surface area contributed by atoms with Gasteiger partial charge in [0.05, 0.1) is 14.2 Å². The van der Waals surface area contributed by atoms with E-state index in [0.717, 1.165) is 22.6 Å². The van der Waals surface area contributed by atoms with E-state index in [2.05, 4.69) is 0 Å². The smallest absolute Gasteiger partial charge is 0.254 e. The van der Waals surface area contributed by atoms with Crippen LogP contribution in [0.2, 0.25) is 0 Å². The van der Waals surface area contributed by atoms with Crippen molar-refractivity contribution in [2.75, 3.05) is 20.8 Å². The highest BCUT2D eigenvalue weighted by molar-refractivity contribution is 5.94. The number of hydrogen-bond donors (Lipinski definition) is 0. The summed E-state index contributed by atoms with van der Waals surface area (Å²) in [6.45, 7) is 5.14. The molecule has 0 bridgehead atoms. The molecule has 0 spiro atoms. The molecule has 4 heteroatoms. The first kappa shape index (κ1) is 16.9. The Labute approximate surface area is 137 Å². The molecule has 0 saturated heterocycles. The van der Waals surface area contributed by atoms with Crippen molar-refractivity contribution >= 4 is 5.91 Å². The second-order valence-electron chi connectivity index (χ2n) is 5.35. The van der Waals surface area contributed by atoms with Crippen LogP contribution < -0.4 is 9.47 Å². The molecule has 0 aliphatic heterocycles. The number of hydrogen-bond acceptors (Lipinski definition) is 3. The van der Waals surface area contributed by atoms with Gasteiger partial charge in [0.25, 0.3) is 5.91 Å². The van der Waals surface area contributed by atoms with E-state index in [0.29, 0.717) is 18.7 Å². The topological polar surface area (TPSA) is 38.8 Å². The zero-order valence-electron chi connectivity index (χ0n) is 14.1. The Balaban J connectivity index is 2.17. The van der Waals surface area contributed by atoms with Crippen LogP contribution in [0.15, 0.2) is 42.5 Å². The minimum absolute atomic E-state index is 0.00150. The number of amides is 1. The first-order valence-electron chi connectivity index (χ1n) is 7.65. The number of carbonyl (C=O) groups is 1. The minimum atomic E-state index is 0.00150. The van der Waals surface area contributed by atoms with Gasteiger partial charge in [-0.1, -0.05) is 18.2 Å². The van der Waals surface area contributed by atoms with E-state index in [4.69, 9.17) is 9.47 Å². The van der Waals surface area contributed by atoms with E-state index in [1.165, 1.54) is 0 Å². The van der Waals surface area contributed by atoms with Crippen LogP contribution in [0.25, 0.3) is 0 Å². The third-order valence-electron chi connectivity index (χ3n) is 3.86. The Morgan fingerprint density at radius 2 is 1.74 bits per heavy atom. The first-order chi connectivity index (χ1) is 11.1. The highest BCUT2D eigenvalue weighted by Crippen LogP contribution is 2.21. The van der Waals surface area contributed by atoms with Crippen LogP contribution in [0.4, 0.5) is 0 Å². The van der Waals surface area contributed by atoms with Gasteiger partial charge in [0.1, 0.15) is 11.5 Å². The summed E-state index contributed by atoms with van der Waals surface area (Å²) in [7, 11) is 3.26. The van der Waals surface area contributed by atoms with Crippen molar-refractivity contribution in [3.63, 3.8) is 0 Å². The first-order valence-corrected chi connectivity index (χ1v) is 7.65. The number of aryl methyl sites for hydroxylation is 1. The van der Waals surface area contributed by atoms with Gasteiger partial charge in [-0.15, -0.1) is 0 Å². The van der Waals surface area contributed by atoms with Crippen LogP contribution in [0, 0.1) is 6.92 Å². The molecule has 1 amide bonds. The lowest BCUT2D eigenvalue weighted by Crippen LogP contribution is -2.30. The van der Waals surface area contributed by atoms with E-state index >= 15 is 0 Å². The summed E-state index contributed by atoms with van der Waals surface area (Å²) >= 11 is 0. The number of nitrogens with zero attached hydrogens (tertiary/aromatic N) is 1. The van der Waals surface area contributed by atoms with E-state index < -0.39 is 0 Å². The van der Waals surface area contributed by atoms with Crippen LogP contribution in [0.5, 0.6) is 11.5 Å². The van der Waals surface area contributed by atoms with Gasteiger partial charge in [0, 0.05) is 18.7 Å². The Bertz CT molecular complexity index is 665. The molecule has 4 nitrogen and oxygen atoms in total. The lowest BCUT2D eigenvalue weighted by atomic mass is 10.1. The molecule has 0 heterocycles.